The van der Waals surface area contributed by atoms with Crippen LogP contribution in [0.15, 0.2) is 5.38 Å². The summed E-state index contributed by atoms with van der Waals surface area (Å²) in [5, 5.41) is 13.8. The summed E-state index contributed by atoms with van der Waals surface area (Å²) in [6.07, 6.45) is 0.0789. The maximum absolute atomic E-state index is 14.0. The van der Waals surface area contributed by atoms with Gasteiger partial charge in [-0.05, 0) is 39.0 Å². The van der Waals surface area contributed by atoms with E-state index in [1.165, 1.54) is 12.3 Å². The van der Waals surface area contributed by atoms with Crippen molar-refractivity contribution in [2.75, 3.05) is 6.54 Å². The molecule has 0 saturated carbocycles. The minimum Gasteiger partial charge on any atom is -0.476 e. The third-order valence-corrected chi connectivity index (χ3v) is 6.79. The first-order valence-corrected chi connectivity index (χ1v) is 13.6. The Morgan fingerprint density at radius 2 is 1.78 bits per heavy atom. The number of esters is 1. The van der Waals surface area contributed by atoms with Crippen molar-refractivity contribution in [3.63, 3.8) is 0 Å². The van der Waals surface area contributed by atoms with Gasteiger partial charge in [0.2, 0.25) is 5.91 Å². The van der Waals surface area contributed by atoms with Gasteiger partial charge in [0.25, 0.3) is 0 Å². The van der Waals surface area contributed by atoms with E-state index in [0.29, 0.717) is 24.4 Å². The van der Waals surface area contributed by atoms with Crippen LogP contribution in [-0.2, 0) is 19.1 Å². The topological polar surface area (TPSA) is 135 Å². The van der Waals surface area contributed by atoms with Crippen molar-refractivity contribution in [2.24, 2.45) is 11.8 Å². The zero-order valence-electron chi connectivity index (χ0n) is 23.5. The lowest BCUT2D eigenvalue weighted by Crippen LogP contribution is -2.56. The molecule has 11 heteroatoms. The van der Waals surface area contributed by atoms with Crippen LogP contribution in [0.25, 0.3) is 0 Å². The minimum atomic E-state index is -1.17. The van der Waals surface area contributed by atoms with Crippen LogP contribution in [0.2, 0.25) is 0 Å². The Balaban J connectivity index is 3.37. The number of amides is 2. The molecule has 0 unspecified atom stereocenters. The molecule has 1 heterocycles. The molecule has 0 bridgehead atoms. The summed E-state index contributed by atoms with van der Waals surface area (Å²) in [7, 11) is 0. The fourth-order valence-electron chi connectivity index (χ4n) is 3.89. The van der Waals surface area contributed by atoms with Crippen LogP contribution < -0.4 is 5.32 Å². The average molecular weight is 542 g/mol. The van der Waals surface area contributed by atoms with E-state index in [-0.39, 0.29) is 35.9 Å². The molecule has 0 fully saturated rings. The molecule has 1 aromatic rings. The summed E-state index contributed by atoms with van der Waals surface area (Å²) in [6, 6.07) is -1.18. The first-order valence-electron chi connectivity index (χ1n) is 12.8. The molecule has 0 aliphatic carbocycles. The number of nitrogens with one attached hydrogen (secondary N) is 1. The highest BCUT2D eigenvalue weighted by Crippen LogP contribution is 2.31. The average Bonchev–Trinajstić information content (AvgIpc) is 3.27. The van der Waals surface area contributed by atoms with E-state index in [2.05, 4.69) is 10.3 Å². The number of hydrogen-bond acceptors (Lipinski definition) is 8. The number of aromatic carboxylic acids is 1. The van der Waals surface area contributed by atoms with Crippen LogP contribution in [0.4, 0.5) is 4.79 Å². The molecular weight excluding hydrogens is 498 g/mol. The van der Waals surface area contributed by atoms with Crippen LogP contribution in [0.5, 0.6) is 0 Å². The van der Waals surface area contributed by atoms with Crippen molar-refractivity contribution >= 4 is 35.3 Å². The number of aromatic nitrogens is 1. The Hall–Kier alpha value is -2.69. The molecule has 1 rings (SSSR count). The SMILES string of the molecule is CCCN(C(=O)[C@@H](NC(=O)OC(C)(C)C)[C@@H](C)CC)[C@H](C[C@@H](OC(C)=O)c1nc(C(=O)O)cs1)C(C)C. The highest BCUT2D eigenvalue weighted by atomic mass is 32.1. The molecule has 1 aromatic heterocycles. The first kappa shape index (κ1) is 32.3. The normalized spacial score (nSPS) is 14.9. The first-order chi connectivity index (χ1) is 17.1. The number of hydrogen-bond donors (Lipinski definition) is 2. The third-order valence-electron chi connectivity index (χ3n) is 5.85. The number of nitrogens with zero attached hydrogens (tertiary/aromatic N) is 2. The van der Waals surface area contributed by atoms with Gasteiger partial charge in [-0.2, -0.15) is 0 Å². The Labute approximate surface area is 224 Å². The van der Waals surface area contributed by atoms with E-state index in [1.54, 1.807) is 25.7 Å². The molecule has 0 saturated heterocycles. The maximum Gasteiger partial charge on any atom is 0.408 e. The predicted octanol–water partition coefficient (Wildman–Crippen LogP) is 5.04. The number of carboxylic acid groups (broad SMARTS) is 1. The van der Waals surface area contributed by atoms with Gasteiger partial charge in [0.15, 0.2) is 11.8 Å². The second-order valence-corrected chi connectivity index (χ2v) is 11.5. The standard InChI is InChI=1S/C26H43N3O7S/c1-10-12-29(23(31)21(16(5)11-2)28-25(34)36-26(7,8)9)19(15(3)4)13-20(35-17(6)30)22-27-18(14-37-22)24(32)33/h14-16,19-21H,10-13H2,1-9H3,(H,28,34)(H,32,33)/t16-,19+,20+,21-/m0/s1. The Bertz CT molecular complexity index is 926. The van der Waals surface area contributed by atoms with Crippen molar-refractivity contribution < 1.29 is 33.8 Å². The smallest absolute Gasteiger partial charge is 0.408 e. The Kier molecular flexibility index (Phi) is 12.5. The van der Waals surface area contributed by atoms with Crippen LogP contribution in [-0.4, -0.2) is 63.2 Å². The van der Waals surface area contributed by atoms with Gasteiger partial charge in [-0.1, -0.05) is 41.0 Å². The summed E-state index contributed by atoms with van der Waals surface area (Å²) in [4.78, 5) is 55.7. The molecule has 0 aliphatic rings. The molecule has 0 aliphatic heterocycles. The number of rotatable bonds is 13. The quantitative estimate of drug-likeness (QED) is 0.332. The van der Waals surface area contributed by atoms with Crippen LogP contribution >= 0.6 is 11.3 Å². The van der Waals surface area contributed by atoms with Crippen LogP contribution in [0.1, 0.15) is 103 Å². The van der Waals surface area contributed by atoms with Gasteiger partial charge in [-0.25, -0.2) is 14.6 Å². The van der Waals surface area contributed by atoms with Gasteiger partial charge in [0, 0.05) is 31.3 Å². The maximum atomic E-state index is 14.0. The van der Waals surface area contributed by atoms with E-state index in [1.807, 2.05) is 34.6 Å². The van der Waals surface area contributed by atoms with Gasteiger partial charge in [0.1, 0.15) is 16.7 Å². The second-order valence-electron chi connectivity index (χ2n) is 10.6. The van der Waals surface area contributed by atoms with Crippen molar-refractivity contribution in [3.05, 3.63) is 16.1 Å². The summed E-state index contributed by atoms with van der Waals surface area (Å²) in [6.45, 7) is 16.7. The number of ether oxygens (including phenoxy) is 2. The third kappa shape index (κ3) is 10.3. The van der Waals surface area contributed by atoms with Gasteiger partial charge < -0.3 is 24.8 Å². The minimum absolute atomic E-state index is 0.0356. The zero-order valence-corrected chi connectivity index (χ0v) is 24.3. The molecule has 0 aromatic carbocycles. The van der Waals surface area contributed by atoms with Crippen molar-refractivity contribution in [2.45, 2.75) is 105 Å². The molecular formula is C26H43N3O7S. The molecule has 4 atom stereocenters. The van der Waals surface area contributed by atoms with E-state index < -0.39 is 35.8 Å². The van der Waals surface area contributed by atoms with Crippen molar-refractivity contribution in [1.29, 1.82) is 0 Å². The highest BCUT2D eigenvalue weighted by Gasteiger charge is 2.37. The van der Waals surface area contributed by atoms with Crippen molar-refractivity contribution in [1.82, 2.24) is 15.2 Å². The monoisotopic (exact) mass is 541 g/mol. The Morgan fingerprint density at radius 3 is 2.22 bits per heavy atom. The molecule has 10 nitrogen and oxygen atoms in total. The van der Waals surface area contributed by atoms with Crippen molar-refractivity contribution in [3.8, 4) is 0 Å². The molecule has 2 N–H and O–H groups in total. The summed E-state index contributed by atoms with van der Waals surface area (Å²) in [5.74, 6) is -2.14. The van der Waals surface area contributed by atoms with Gasteiger partial charge in [0.05, 0.1) is 0 Å². The summed E-state index contributed by atoms with van der Waals surface area (Å²) >= 11 is 1.10. The predicted molar refractivity (Wildman–Crippen MR) is 141 cm³/mol. The van der Waals surface area contributed by atoms with Gasteiger partial charge in [-0.15, -0.1) is 11.3 Å². The highest BCUT2D eigenvalue weighted by molar-refractivity contribution is 7.09. The van der Waals surface area contributed by atoms with E-state index in [0.717, 1.165) is 11.3 Å². The second kappa shape index (κ2) is 14.3. The van der Waals surface area contributed by atoms with Gasteiger partial charge in [-0.3, -0.25) is 9.59 Å². The van der Waals surface area contributed by atoms with Gasteiger partial charge >= 0.3 is 18.0 Å². The summed E-state index contributed by atoms with van der Waals surface area (Å²) < 4.78 is 11.0. The molecule has 0 radical (unpaired) electrons. The fraction of sp³-hybridized carbons (Fsp3) is 0.731. The number of thiazole rings is 1. The molecule has 210 valence electrons. The lowest BCUT2D eigenvalue weighted by Gasteiger charge is -2.39. The lowest BCUT2D eigenvalue weighted by molar-refractivity contribution is -0.149. The molecule has 0 spiro atoms. The van der Waals surface area contributed by atoms with E-state index in [9.17, 15) is 24.3 Å². The van der Waals surface area contributed by atoms with E-state index >= 15 is 0 Å². The largest absolute Gasteiger partial charge is 0.476 e. The number of carbonyl (C=O) groups is 4. The number of carboxylic acids is 1. The van der Waals surface area contributed by atoms with Crippen LogP contribution in [0.3, 0.4) is 0 Å². The molecule has 37 heavy (non-hydrogen) atoms. The van der Waals surface area contributed by atoms with Crippen LogP contribution in [0, 0.1) is 11.8 Å². The number of alkyl carbamates (subject to hydrolysis) is 1. The number of carbonyl (C=O) groups excluding carboxylic acids is 3. The zero-order chi connectivity index (χ0) is 28.5. The fourth-order valence-corrected chi connectivity index (χ4v) is 4.72. The van der Waals surface area contributed by atoms with E-state index in [4.69, 9.17) is 9.47 Å². The Morgan fingerprint density at radius 1 is 1.16 bits per heavy atom. The molecule has 2 amide bonds. The lowest BCUT2D eigenvalue weighted by atomic mass is 9.92. The summed E-state index contributed by atoms with van der Waals surface area (Å²) in [5.41, 5.74) is -0.839.